The number of rotatable bonds is 7. The lowest BCUT2D eigenvalue weighted by Gasteiger charge is -2.00. The van der Waals surface area contributed by atoms with Crippen molar-refractivity contribution < 1.29 is 9.32 Å². The van der Waals surface area contributed by atoms with Crippen LogP contribution in [-0.4, -0.2) is 22.6 Å². The molecule has 0 aliphatic heterocycles. The SMILES string of the molecule is CC(C)c1noc(CCCNC(=O)/C=C\c2ccccc2)n1. The third-order valence-electron chi connectivity index (χ3n) is 3.09. The van der Waals surface area contributed by atoms with Crippen LogP contribution in [0.5, 0.6) is 0 Å². The number of hydrogen-bond acceptors (Lipinski definition) is 4. The quantitative estimate of drug-likeness (QED) is 0.630. The Morgan fingerprint density at radius 2 is 2.09 bits per heavy atom. The van der Waals surface area contributed by atoms with E-state index in [0.29, 0.717) is 18.9 Å². The van der Waals surface area contributed by atoms with Gasteiger partial charge >= 0.3 is 0 Å². The standard InChI is InChI=1S/C17H21N3O2/c1-13(2)17-19-16(22-20-17)9-6-12-18-15(21)11-10-14-7-4-3-5-8-14/h3-5,7-8,10-11,13H,6,9,12H2,1-2H3,(H,18,21)/b11-10-. The summed E-state index contributed by atoms with van der Waals surface area (Å²) in [6.07, 6.45) is 4.77. The predicted molar refractivity (Wildman–Crippen MR) is 85.2 cm³/mol. The Morgan fingerprint density at radius 1 is 1.32 bits per heavy atom. The highest BCUT2D eigenvalue weighted by molar-refractivity contribution is 5.91. The van der Waals surface area contributed by atoms with E-state index in [1.165, 1.54) is 0 Å². The number of benzene rings is 1. The molecular weight excluding hydrogens is 278 g/mol. The molecule has 0 aliphatic carbocycles. The van der Waals surface area contributed by atoms with Crippen molar-refractivity contribution >= 4 is 12.0 Å². The number of aromatic nitrogens is 2. The van der Waals surface area contributed by atoms with Gasteiger partial charge in [0.2, 0.25) is 11.8 Å². The monoisotopic (exact) mass is 299 g/mol. The first-order valence-corrected chi connectivity index (χ1v) is 7.48. The molecule has 0 saturated heterocycles. The van der Waals surface area contributed by atoms with Crippen LogP contribution in [0.1, 0.15) is 43.5 Å². The van der Waals surface area contributed by atoms with Gasteiger partial charge in [0.25, 0.3) is 0 Å². The van der Waals surface area contributed by atoms with E-state index in [1.807, 2.05) is 44.2 Å². The maximum atomic E-state index is 11.7. The smallest absolute Gasteiger partial charge is 0.243 e. The van der Waals surface area contributed by atoms with E-state index in [-0.39, 0.29) is 11.8 Å². The fraction of sp³-hybridized carbons (Fsp3) is 0.353. The summed E-state index contributed by atoms with van der Waals surface area (Å²) < 4.78 is 5.15. The van der Waals surface area contributed by atoms with E-state index >= 15 is 0 Å². The molecule has 1 N–H and O–H groups in total. The number of amides is 1. The highest BCUT2D eigenvalue weighted by Gasteiger charge is 2.09. The molecule has 0 radical (unpaired) electrons. The normalized spacial score (nSPS) is 11.2. The molecule has 0 bridgehead atoms. The molecule has 5 nitrogen and oxygen atoms in total. The van der Waals surface area contributed by atoms with Gasteiger partial charge in [0.15, 0.2) is 5.82 Å². The average Bonchev–Trinajstić information content (AvgIpc) is 3.00. The highest BCUT2D eigenvalue weighted by atomic mass is 16.5. The molecule has 2 rings (SSSR count). The zero-order valence-corrected chi connectivity index (χ0v) is 13.0. The van der Waals surface area contributed by atoms with Crippen molar-refractivity contribution in [2.45, 2.75) is 32.6 Å². The molecule has 0 spiro atoms. The summed E-state index contributed by atoms with van der Waals surface area (Å²) in [5, 5.41) is 6.75. The summed E-state index contributed by atoms with van der Waals surface area (Å²) in [5.74, 6) is 1.51. The number of carbonyl (C=O) groups is 1. The number of aryl methyl sites for hydroxylation is 1. The van der Waals surface area contributed by atoms with Crippen molar-refractivity contribution in [3.05, 3.63) is 53.7 Å². The van der Waals surface area contributed by atoms with Crippen LogP contribution in [-0.2, 0) is 11.2 Å². The number of nitrogens with zero attached hydrogens (tertiary/aromatic N) is 2. The fourth-order valence-electron chi connectivity index (χ4n) is 1.85. The van der Waals surface area contributed by atoms with E-state index < -0.39 is 0 Å². The Morgan fingerprint density at radius 3 is 2.77 bits per heavy atom. The largest absolute Gasteiger partial charge is 0.353 e. The Balaban J connectivity index is 1.67. The van der Waals surface area contributed by atoms with Gasteiger partial charge in [-0.05, 0) is 18.1 Å². The van der Waals surface area contributed by atoms with E-state index in [9.17, 15) is 4.79 Å². The van der Waals surface area contributed by atoms with Crippen LogP contribution < -0.4 is 5.32 Å². The maximum Gasteiger partial charge on any atom is 0.243 e. The number of nitrogens with one attached hydrogen (secondary N) is 1. The van der Waals surface area contributed by atoms with E-state index in [2.05, 4.69) is 15.5 Å². The number of carbonyl (C=O) groups excluding carboxylic acids is 1. The Bertz CT molecular complexity index is 618. The molecule has 0 aliphatic rings. The molecule has 1 amide bonds. The van der Waals surface area contributed by atoms with Crippen LogP contribution in [0.3, 0.4) is 0 Å². The Hall–Kier alpha value is -2.43. The van der Waals surface area contributed by atoms with Gasteiger partial charge in [0.05, 0.1) is 0 Å². The van der Waals surface area contributed by atoms with Crippen LogP contribution in [0.2, 0.25) is 0 Å². The average molecular weight is 299 g/mol. The van der Waals surface area contributed by atoms with Crippen molar-refractivity contribution in [1.29, 1.82) is 0 Å². The minimum Gasteiger partial charge on any atom is -0.353 e. The van der Waals surface area contributed by atoms with Crippen molar-refractivity contribution in [2.75, 3.05) is 6.54 Å². The topological polar surface area (TPSA) is 68.0 Å². The van der Waals surface area contributed by atoms with Crippen LogP contribution >= 0.6 is 0 Å². The second kappa shape index (κ2) is 8.12. The van der Waals surface area contributed by atoms with Gasteiger partial charge < -0.3 is 9.84 Å². The molecule has 0 saturated carbocycles. The van der Waals surface area contributed by atoms with Crippen molar-refractivity contribution in [1.82, 2.24) is 15.5 Å². The summed E-state index contributed by atoms with van der Waals surface area (Å²) in [5.41, 5.74) is 1.00. The van der Waals surface area contributed by atoms with E-state index in [1.54, 1.807) is 12.2 Å². The highest BCUT2D eigenvalue weighted by Crippen LogP contribution is 2.10. The maximum absolute atomic E-state index is 11.7. The first-order chi connectivity index (χ1) is 10.6. The lowest BCUT2D eigenvalue weighted by atomic mass is 10.2. The summed E-state index contributed by atoms with van der Waals surface area (Å²) in [6, 6.07) is 9.72. The zero-order valence-electron chi connectivity index (χ0n) is 13.0. The third-order valence-corrected chi connectivity index (χ3v) is 3.09. The minimum atomic E-state index is -0.0998. The van der Waals surface area contributed by atoms with E-state index in [0.717, 1.165) is 17.8 Å². The molecule has 0 unspecified atom stereocenters. The van der Waals surface area contributed by atoms with Crippen molar-refractivity contribution in [3.63, 3.8) is 0 Å². The first-order valence-electron chi connectivity index (χ1n) is 7.48. The van der Waals surface area contributed by atoms with Crippen molar-refractivity contribution in [3.8, 4) is 0 Å². The second-order valence-corrected chi connectivity index (χ2v) is 5.34. The van der Waals surface area contributed by atoms with Gasteiger partial charge in [-0.3, -0.25) is 4.79 Å². The molecule has 22 heavy (non-hydrogen) atoms. The number of hydrogen-bond donors (Lipinski definition) is 1. The molecule has 0 fully saturated rings. The summed E-state index contributed by atoms with van der Waals surface area (Å²) in [6.45, 7) is 4.62. The van der Waals surface area contributed by atoms with Gasteiger partial charge in [-0.1, -0.05) is 49.3 Å². The van der Waals surface area contributed by atoms with Gasteiger partial charge in [0.1, 0.15) is 0 Å². The Kier molecular flexibility index (Phi) is 5.89. The van der Waals surface area contributed by atoms with Crippen LogP contribution in [0, 0.1) is 0 Å². The van der Waals surface area contributed by atoms with Crippen molar-refractivity contribution in [2.24, 2.45) is 0 Å². The molecule has 1 heterocycles. The Labute approximate surface area is 130 Å². The summed E-state index contributed by atoms with van der Waals surface area (Å²) in [7, 11) is 0. The second-order valence-electron chi connectivity index (χ2n) is 5.34. The molecular formula is C17H21N3O2. The molecule has 0 atom stereocenters. The van der Waals surface area contributed by atoms with Gasteiger partial charge in [-0.25, -0.2) is 0 Å². The lowest BCUT2D eigenvalue weighted by molar-refractivity contribution is -0.116. The third kappa shape index (κ3) is 5.16. The predicted octanol–water partition coefficient (Wildman–Crippen LogP) is 2.96. The molecule has 1 aromatic carbocycles. The minimum absolute atomic E-state index is 0.0998. The summed E-state index contributed by atoms with van der Waals surface area (Å²) in [4.78, 5) is 16.0. The van der Waals surface area contributed by atoms with Gasteiger partial charge in [-0.15, -0.1) is 0 Å². The van der Waals surface area contributed by atoms with E-state index in [4.69, 9.17) is 4.52 Å². The van der Waals surface area contributed by atoms with Crippen LogP contribution in [0.4, 0.5) is 0 Å². The van der Waals surface area contributed by atoms with Gasteiger partial charge in [0, 0.05) is 25.0 Å². The molecule has 116 valence electrons. The van der Waals surface area contributed by atoms with Crippen LogP contribution in [0.15, 0.2) is 40.9 Å². The first kappa shape index (κ1) is 15.9. The molecule has 1 aromatic heterocycles. The molecule has 5 heteroatoms. The fourth-order valence-corrected chi connectivity index (χ4v) is 1.85. The summed E-state index contributed by atoms with van der Waals surface area (Å²) >= 11 is 0. The lowest BCUT2D eigenvalue weighted by Crippen LogP contribution is -2.22. The van der Waals surface area contributed by atoms with Gasteiger partial charge in [-0.2, -0.15) is 4.98 Å². The molecule has 2 aromatic rings. The van der Waals surface area contributed by atoms with Crippen LogP contribution in [0.25, 0.3) is 6.08 Å². The zero-order chi connectivity index (χ0) is 15.8.